The molecule has 17 rings (SSSR count). The average Bonchev–Trinajstić information content (AvgIpc) is 1.60. The molecule has 10 aromatic rings. The van der Waals surface area contributed by atoms with Crippen molar-refractivity contribution in [1.29, 1.82) is 0 Å². The summed E-state index contributed by atoms with van der Waals surface area (Å²) in [5.74, 6) is 3.24. The predicted molar refractivity (Wildman–Crippen MR) is 448 cm³/mol. The van der Waals surface area contributed by atoms with Crippen LogP contribution in [0.15, 0.2) is 158 Å². The number of benzene rings is 4. The van der Waals surface area contributed by atoms with Gasteiger partial charge in [-0.2, -0.15) is 32.9 Å². The molecule has 7 fully saturated rings. The fourth-order valence-corrected chi connectivity index (χ4v) is 16.3. The Morgan fingerprint density at radius 1 is 0.588 bits per heavy atom. The molecule has 0 spiro atoms. The summed E-state index contributed by atoms with van der Waals surface area (Å²) in [4.78, 5) is 78.8. The van der Waals surface area contributed by atoms with Crippen molar-refractivity contribution in [2.24, 2.45) is 11.3 Å². The molecular weight excluding hydrogens is 1550 g/mol. The maximum absolute atomic E-state index is 15.2. The van der Waals surface area contributed by atoms with Crippen LogP contribution in [0, 0.1) is 37.9 Å². The standard InChI is InChI=1S/C28H35FN8OS.C26H29F3N8O2S.C24H21ClFN7OS.8H2/c1-17(2)37-12-4-5-22(37)26(38)30-20-8-10-21(11-9-20)39-27-32-23(31-24-13-18(3)34-35-24)14-25(33-27)36-15-28(29,16-36)19-6-7-19;1-16-12-21(35-34-16)31-20-13-22(37-14-18(15-37)36-8-10-39-11-9-36)33-24(32-20)40-19-4-2-17(3-5-19)30-23(38)25(6-7-25)26(27,28)29;1-14-13-19(32-31-14)28-21-20(26)22(33-11-4-12-33)30-24(29-21)35-16-9-7-15(8-10-16)27-23(34)17-5-2-3-6-18(17)25;;;;;;;;/h8-11,13-14,17,19,22H,4-7,12,15-16H2,1-3H3,(H,30,38)(H2,31,32,33,34,35);2-5,12-13,18H,6-11,14-15H2,1H3,(H,30,38)(H2,31,32,33,34,35);2-3,5-10,13H,4,11-12H2,1H3,(H,27,34)(H2,28,29,30,31,32);8*1H/t22-;;;;;;;;;;/m1........../s1. The zero-order valence-electron chi connectivity index (χ0n) is 63.0. The van der Waals surface area contributed by atoms with Gasteiger partial charge in [-0.15, -0.1) is 0 Å². The maximum atomic E-state index is 15.2. The largest absolute Gasteiger partial charge is 0.403 e. The van der Waals surface area contributed by atoms with Crippen LogP contribution in [0.25, 0.3) is 0 Å². The number of aryl methyl sites for hydroxylation is 3. The van der Waals surface area contributed by atoms with Crippen LogP contribution < -0.4 is 46.6 Å². The molecule has 36 heteroatoms. The quantitative estimate of drug-likeness (QED) is 0.0200. The van der Waals surface area contributed by atoms with Crippen molar-refractivity contribution in [1.82, 2.24) is 70.3 Å². The minimum Gasteiger partial charge on any atom is -0.379 e. The molecule has 2 aliphatic carbocycles. The molecule has 5 aliphatic heterocycles. The van der Waals surface area contributed by atoms with E-state index < -0.39 is 29.0 Å². The second-order valence-corrected chi connectivity index (χ2v) is 33.0. The van der Waals surface area contributed by atoms with Crippen LogP contribution in [-0.2, 0) is 14.3 Å². The van der Waals surface area contributed by atoms with Crippen LogP contribution in [0.5, 0.6) is 0 Å². The summed E-state index contributed by atoms with van der Waals surface area (Å²) < 4.78 is 75.5. The Hall–Kier alpha value is -10.2. The molecule has 5 saturated heterocycles. The Labute approximate surface area is 684 Å². The number of likely N-dealkylation sites (tertiary alicyclic amines) is 1. The predicted octanol–water partition coefficient (Wildman–Crippen LogP) is 17.0. The van der Waals surface area contributed by atoms with Crippen molar-refractivity contribution >= 4 is 134 Å². The number of aromatic nitrogens is 12. The van der Waals surface area contributed by atoms with Crippen LogP contribution >= 0.6 is 46.9 Å². The third-order valence-corrected chi connectivity index (χ3v) is 23.5. The summed E-state index contributed by atoms with van der Waals surface area (Å²) in [5, 5.41) is 40.8. The van der Waals surface area contributed by atoms with E-state index in [4.69, 9.17) is 31.3 Å². The molecule has 9 N–H and O–H groups in total. The van der Waals surface area contributed by atoms with Crippen LogP contribution in [0.2, 0.25) is 5.02 Å². The number of morpholine rings is 1. The molecule has 0 unspecified atom stereocenters. The molecule has 7 aliphatic rings. The molecule has 6 aromatic heterocycles. The normalized spacial score (nSPS) is 17.8. The van der Waals surface area contributed by atoms with Gasteiger partial charge in [0.25, 0.3) is 5.91 Å². The smallest absolute Gasteiger partial charge is 0.379 e. The number of nitrogens with zero attached hydrogens (tertiary/aromatic N) is 14. The van der Waals surface area contributed by atoms with Gasteiger partial charge in [-0.05, 0) is 212 Å². The number of alkyl halides is 4. The Kier molecular flexibility index (Phi) is 23.7. The fraction of sp³-hybridized carbons (Fsp3) is 0.385. The number of anilines is 12. The van der Waals surface area contributed by atoms with E-state index in [1.807, 2.05) is 91.2 Å². The van der Waals surface area contributed by atoms with Crippen molar-refractivity contribution < 1.29 is 52.5 Å². The number of nitrogens with one attached hydrogen (secondary N) is 9. The second kappa shape index (κ2) is 34.1. The number of halogens is 6. The summed E-state index contributed by atoms with van der Waals surface area (Å²) in [5.41, 5.74) is 1.44. The molecule has 114 heavy (non-hydrogen) atoms. The highest BCUT2D eigenvalue weighted by molar-refractivity contribution is 7.99. The number of ether oxygens (including phenoxy) is 1. The van der Waals surface area contributed by atoms with E-state index in [9.17, 15) is 27.6 Å². The van der Waals surface area contributed by atoms with Crippen molar-refractivity contribution in [3.8, 4) is 0 Å². The lowest BCUT2D eigenvalue weighted by Gasteiger charge is -2.47. The summed E-state index contributed by atoms with van der Waals surface area (Å²) >= 11 is 10.2. The fourth-order valence-electron chi connectivity index (χ4n) is 13.8. The Bertz CT molecular complexity index is 5110. The third-order valence-electron chi connectivity index (χ3n) is 20.6. The first-order valence-corrected chi connectivity index (χ1v) is 40.6. The van der Waals surface area contributed by atoms with Gasteiger partial charge in [0.05, 0.1) is 42.9 Å². The first kappa shape index (κ1) is 79.1. The zero-order valence-corrected chi connectivity index (χ0v) is 66.3. The maximum Gasteiger partial charge on any atom is 0.403 e. The van der Waals surface area contributed by atoms with Gasteiger partial charge in [-0.25, -0.2) is 34.3 Å². The van der Waals surface area contributed by atoms with Crippen molar-refractivity contribution in [2.75, 3.05) is 119 Å². The molecule has 2 saturated carbocycles. The minimum absolute atomic E-state index is 0. The minimum atomic E-state index is -4.55. The lowest BCUT2D eigenvalue weighted by atomic mass is 9.91. The number of hydrogen-bond donors (Lipinski definition) is 9. The zero-order chi connectivity index (χ0) is 79.4. The van der Waals surface area contributed by atoms with Gasteiger partial charge < -0.3 is 51.3 Å². The van der Waals surface area contributed by atoms with E-state index in [1.165, 1.54) is 35.3 Å². The van der Waals surface area contributed by atoms with Crippen LogP contribution in [-0.4, -0.2) is 190 Å². The highest BCUT2D eigenvalue weighted by atomic mass is 35.5. The van der Waals surface area contributed by atoms with E-state index in [2.05, 4.69) is 106 Å². The van der Waals surface area contributed by atoms with Gasteiger partial charge in [0.1, 0.15) is 34.4 Å². The van der Waals surface area contributed by atoms with E-state index in [1.54, 1.807) is 66.7 Å². The first-order valence-electron chi connectivity index (χ1n) is 37.7. The molecule has 0 radical (unpaired) electrons. The third kappa shape index (κ3) is 19.1. The monoisotopic (exact) mass is 1650 g/mol. The van der Waals surface area contributed by atoms with E-state index in [0.29, 0.717) is 97.5 Å². The van der Waals surface area contributed by atoms with Gasteiger partial charge in [-0.3, -0.25) is 39.5 Å². The number of H-pyrrole nitrogens is 3. The number of amides is 3. The number of rotatable bonds is 24. The highest BCUT2D eigenvalue weighted by Crippen LogP contribution is 2.58. The first-order chi connectivity index (χ1) is 54.9. The summed E-state index contributed by atoms with van der Waals surface area (Å²) in [7, 11) is 0. The van der Waals surface area contributed by atoms with Crippen molar-refractivity contribution in [2.45, 2.75) is 140 Å². The molecule has 3 amide bonds. The van der Waals surface area contributed by atoms with Crippen molar-refractivity contribution in [3.63, 3.8) is 0 Å². The highest BCUT2D eigenvalue weighted by Gasteiger charge is 2.68. The summed E-state index contributed by atoms with van der Waals surface area (Å²) in [6, 6.07) is 38.5. The second-order valence-electron chi connectivity index (χ2n) is 29.5. The van der Waals surface area contributed by atoms with Gasteiger partial charge in [-0.1, -0.05) is 23.7 Å². The number of aromatic amines is 3. The average molecular weight is 1650 g/mol. The molecule has 612 valence electrons. The SMILES string of the molecule is Cc1cc(Nc2cc(N3CC(F)(C4CC4)C3)nc(Sc3ccc(NC(=O)[C@H]4CCCN4C(C)C)cc3)n2)n[nH]1.Cc1cc(Nc2cc(N3CC(N4CCOCC4)C3)nc(Sc3ccc(NC(=O)C4(C(F)(F)F)CC4)cc3)n2)n[nH]1.Cc1cc(Nc2nc(Sc3ccc(NC(=O)c4ccccc4Cl)cc3)nc(N3CCC3)c2F)n[nH]1.[HH].[HH].[HH].[HH].[HH].[HH].[HH].[HH]. The van der Waals surface area contributed by atoms with Crippen LogP contribution in [0.1, 0.15) is 97.6 Å². The van der Waals surface area contributed by atoms with E-state index in [0.717, 1.165) is 134 Å². The van der Waals surface area contributed by atoms with Gasteiger partial charge >= 0.3 is 6.18 Å². The summed E-state index contributed by atoms with van der Waals surface area (Å²) in [6.45, 7) is 18.3. The van der Waals surface area contributed by atoms with Gasteiger partial charge in [0.2, 0.25) is 17.6 Å². The summed E-state index contributed by atoms with van der Waals surface area (Å²) in [6.07, 6.45) is -0.0122. The molecular formula is C78H101ClF5N23O4S3. The van der Waals surface area contributed by atoms with Crippen molar-refractivity contribution in [3.05, 3.63) is 161 Å². The van der Waals surface area contributed by atoms with E-state index in [-0.39, 0.29) is 59.7 Å². The molecule has 1 atom stereocenters. The molecule has 0 bridgehead atoms. The molecule has 27 nitrogen and oxygen atoms in total. The van der Waals surface area contributed by atoms with Crippen LogP contribution in [0.4, 0.5) is 91.4 Å². The lowest BCUT2D eigenvalue weighted by molar-refractivity contribution is -0.189. The van der Waals surface area contributed by atoms with Crippen LogP contribution in [0.3, 0.4) is 0 Å². The molecule has 4 aromatic carbocycles. The molecule has 11 heterocycles. The Morgan fingerprint density at radius 3 is 1.58 bits per heavy atom. The topological polar surface area (TPSA) is 312 Å². The van der Waals surface area contributed by atoms with Gasteiger partial charge in [0, 0.05) is 142 Å². The van der Waals surface area contributed by atoms with E-state index >= 15 is 8.78 Å². The lowest BCUT2D eigenvalue weighted by Crippen LogP contribution is -2.61. The Balaban J connectivity index is 0.000000244. The Morgan fingerprint density at radius 2 is 1.10 bits per heavy atom. The van der Waals surface area contributed by atoms with Gasteiger partial charge in [0.15, 0.2) is 44.6 Å². The number of carbonyl (C=O) groups excluding carboxylic acids is 3. The number of hydrogen-bond acceptors (Lipinski definition) is 24. The number of carbonyl (C=O) groups is 3.